The van der Waals surface area contributed by atoms with Crippen LogP contribution in [-0.2, 0) is 9.53 Å². The summed E-state index contributed by atoms with van der Waals surface area (Å²) < 4.78 is 5.24. The normalized spacial score (nSPS) is 17.2. The third kappa shape index (κ3) is 3.31. The number of nitro benzene ring substituents is 1. The molecule has 114 valence electrons. The lowest BCUT2D eigenvalue weighted by molar-refractivity contribution is -0.383. The molecule has 2 rings (SSSR count). The molecule has 0 saturated carbocycles. The highest BCUT2D eigenvalue weighted by Crippen LogP contribution is 2.33. The third-order valence-corrected chi connectivity index (χ3v) is 3.96. The quantitative estimate of drug-likeness (QED) is 0.652. The van der Waals surface area contributed by atoms with E-state index in [1.54, 1.807) is 0 Å². The van der Waals surface area contributed by atoms with Crippen molar-refractivity contribution in [2.75, 3.05) is 25.1 Å². The number of carbonyl (C=O) groups is 1. The van der Waals surface area contributed by atoms with E-state index in [0.29, 0.717) is 26.1 Å². The standard InChI is InChI=1S/C13H16ClN3O4/c14-9-1-2-10(11(7-9)17(19)20)16-12(18)13(8-15)3-5-21-6-4-13/h1-2,7H,3-6,8,15H2,(H,16,18). The summed E-state index contributed by atoms with van der Waals surface area (Å²) in [5, 5.41) is 13.9. The summed E-state index contributed by atoms with van der Waals surface area (Å²) in [6.07, 6.45) is 0.993. The van der Waals surface area contributed by atoms with Crippen LogP contribution >= 0.6 is 11.6 Å². The molecule has 1 aromatic carbocycles. The smallest absolute Gasteiger partial charge is 0.294 e. The number of benzene rings is 1. The zero-order chi connectivity index (χ0) is 15.5. The lowest BCUT2D eigenvalue weighted by Crippen LogP contribution is -2.46. The maximum Gasteiger partial charge on any atom is 0.294 e. The molecule has 0 aliphatic carbocycles. The Labute approximate surface area is 126 Å². The largest absolute Gasteiger partial charge is 0.381 e. The van der Waals surface area contributed by atoms with Crippen LogP contribution < -0.4 is 11.1 Å². The van der Waals surface area contributed by atoms with Gasteiger partial charge in [0.2, 0.25) is 5.91 Å². The van der Waals surface area contributed by atoms with Gasteiger partial charge in [-0.15, -0.1) is 0 Å². The lowest BCUT2D eigenvalue weighted by atomic mass is 9.79. The molecule has 8 heteroatoms. The first-order valence-corrected chi connectivity index (χ1v) is 6.89. The van der Waals surface area contributed by atoms with E-state index >= 15 is 0 Å². The van der Waals surface area contributed by atoms with Crippen LogP contribution in [0.1, 0.15) is 12.8 Å². The molecule has 1 saturated heterocycles. The van der Waals surface area contributed by atoms with Gasteiger partial charge in [0, 0.05) is 30.8 Å². The number of anilines is 1. The molecule has 0 atom stereocenters. The molecular formula is C13H16ClN3O4. The molecule has 0 spiro atoms. The van der Waals surface area contributed by atoms with Crippen molar-refractivity contribution in [3.05, 3.63) is 33.3 Å². The highest BCUT2D eigenvalue weighted by atomic mass is 35.5. The number of halogens is 1. The zero-order valence-electron chi connectivity index (χ0n) is 11.3. The highest BCUT2D eigenvalue weighted by molar-refractivity contribution is 6.31. The number of rotatable bonds is 4. The van der Waals surface area contributed by atoms with Crippen LogP contribution in [0.25, 0.3) is 0 Å². The van der Waals surface area contributed by atoms with Crippen molar-refractivity contribution in [1.29, 1.82) is 0 Å². The second-order valence-electron chi connectivity index (χ2n) is 4.97. The molecule has 21 heavy (non-hydrogen) atoms. The van der Waals surface area contributed by atoms with Gasteiger partial charge in [0.25, 0.3) is 5.69 Å². The van der Waals surface area contributed by atoms with Crippen molar-refractivity contribution >= 4 is 28.9 Å². The predicted molar refractivity (Wildman–Crippen MR) is 78.3 cm³/mol. The number of nitrogens with two attached hydrogens (primary N) is 1. The number of carbonyl (C=O) groups excluding carboxylic acids is 1. The van der Waals surface area contributed by atoms with Gasteiger partial charge in [-0.2, -0.15) is 0 Å². The maximum atomic E-state index is 12.5. The number of nitro groups is 1. The molecule has 1 aliphatic rings. The average Bonchev–Trinajstić information content (AvgIpc) is 2.49. The van der Waals surface area contributed by atoms with Crippen molar-refractivity contribution in [3.63, 3.8) is 0 Å². The SMILES string of the molecule is NCC1(C(=O)Nc2ccc(Cl)cc2[N+](=O)[O-])CCOCC1. The number of nitrogens with zero attached hydrogens (tertiary/aromatic N) is 1. The summed E-state index contributed by atoms with van der Waals surface area (Å²) in [4.78, 5) is 22.9. The molecular weight excluding hydrogens is 298 g/mol. The van der Waals surface area contributed by atoms with Gasteiger partial charge in [-0.25, -0.2) is 0 Å². The van der Waals surface area contributed by atoms with Gasteiger partial charge in [0.1, 0.15) is 5.69 Å². The third-order valence-electron chi connectivity index (χ3n) is 3.73. The van der Waals surface area contributed by atoms with Crippen molar-refractivity contribution in [2.24, 2.45) is 11.1 Å². The Hall–Kier alpha value is -1.70. The van der Waals surface area contributed by atoms with E-state index in [0.717, 1.165) is 0 Å². The minimum Gasteiger partial charge on any atom is -0.381 e. The molecule has 1 fully saturated rings. The van der Waals surface area contributed by atoms with Crippen LogP contribution in [0.5, 0.6) is 0 Å². The van der Waals surface area contributed by atoms with Gasteiger partial charge in [0.05, 0.1) is 10.3 Å². The monoisotopic (exact) mass is 313 g/mol. The molecule has 0 aromatic heterocycles. The van der Waals surface area contributed by atoms with Gasteiger partial charge in [-0.3, -0.25) is 14.9 Å². The van der Waals surface area contributed by atoms with E-state index in [1.165, 1.54) is 18.2 Å². The van der Waals surface area contributed by atoms with E-state index in [2.05, 4.69) is 5.32 Å². The van der Waals surface area contributed by atoms with Crippen molar-refractivity contribution in [3.8, 4) is 0 Å². The van der Waals surface area contributed by atoms with Gasteiger partial charge in [0.15, 0.2) is 0 Å². The Bertz CT molecular complexity index is 558. The number of nitrogens with one attached hydrogen (secondary N) is 1. The summed E-state index contributed by atoms with van der Waals surface area (Å²) in [6.45, 7) is 1.07. The van der Waals surface area contributed by atoms with Gasteiger partial charge < -0.3 is 15.8 Å². The number of hydrogen-bond donors (Lipinski definition) is 2. The second kappa shape index (κ2) is 6.38. The predicted octanol–water partition coefficient (Wildman–Crippen LogP) is 1.94. The first kappa shape index (κ1) is 15.7. The first-order chi connectivity index (χ1) is 9.98. The van der Waals surface area contributed by atoms with Gasteiger partial charge in [-0.1, -0.05) is 11.6 Å². The number of amides is 1. The zero-order valence-corrected chi connectivity index (χ0v) is 12.1. The summed E-state index contributed by atoms with van der Waals surface area (Å²) in [7, 11) is 0. The van der Waals surface area contributed by atoms with Crippen molar-refractivity contribution in [2.45, 2.75) is 12.8 Å². The fourth-order valence-electron chi connectivity index (χ4n) is 2.30. The molecule has 1 amide bonds. The topological polar surface area (TPSA) is 107 Å². The van der Waals surface area contributed by atoms with Gasteiger partial charge in [-0.05, 0) is 25.0 Å². The van der Waals surface area contributed by atoms with E-state index in [9.17, 15) is 14.9 Å². The van der Waals surface area contributed by atoms with E-state index in [-0.39, 0.29) is 28.8 Å². The lowest BCUT2D eigenvalue weighted by Gasteiger charge is -2.34. The molecule has 7 nitrogen and oxygen atoms in total. The van der Waals surface area contributed by atoms with Crippen LogP contribution in [0.3, 0.4) is 0 Å². The second-order valence-corrected chi connectivity index (χ2v) is 5.41. The summed E-state index contributed by atoms with van der Waals surface area (Å²) >= 11 is 5.75. The minimum atomic E-state index is -0.744. The molecule has 0 radical (unpaired) electrons. The molecule has 1 aliphatic heterocycles. The summed E-state index contributed by atoms with van der Waals surface area (Å²) in [6, 6.07) is 4.11. The van der Waals surface area contributed by atoms with Crippen molar-refractivity contribution in [1.82, 2.24) is 0 Å². The molecule has 3 N–H and O–H groups in total. The van der Waals surface area contributed by atoms with Crippen LogP contribution in [-0.4, -0.2) is 30.6 Å². The Morgan fingerprint density at radius 1 is 1.48 bits per heavy atom. The molecule has 0 bridgehead atoms. The van der Waals surface area contributed by atoms with Crippen molar-refractivity contribution < 1.29 is 14.5 Å². The molecule has 1 aromatic rings. The van der Waals surface area contributed by atoms with Crippen LogP contribution in [0.4, 0.5) is 11.4 Å². The number of hydrogen-bond acceptors (Lipinski definition) is 5. The minimum absolute atomic E-state index is 0.119. The summed E-state index contributed by atoms with van der Waals surface area (Å²) in [5.74, 6) is -0.321. The number of ether oxygens (including phenoxy) is 1. The highest BCUT2D eigenvalue weighted by Gasteiger charge is 2.39. The van der Waals surface area contributed by atoms with Gasteiger partial charge >= 0.3 is 0 Å². The average molecular weight is 314 g/mol. The van der Waals surface area contributed by atoms with E-state index in [1.807, 2.05) is 0 Å². The molecule has 0 unspecified atom stereocenters. The fraction of sp³-hybridized carbons (Fsp3) is 0.462. The molecule has 1 heterocycles. The summed E-state index contributed by atoms with van der Waals surface area (Å²) in [5.41, 5.74) is 4.88. The van der Waals surface area contributed by atoms with Crippen LogP contribution in [0.2, 0.25) is 5.02 Å². The Kier molecular flexibility index (Phi) is 4.76. The fourth-order valence-corrected chi connectivity index (χ4v) is 2.47. The Balaban J connectivity index is 2.24. The van der Waals surface area contributed by atoms with E-state index in [4.69, 9.17) is 22.1 Å². The van der Waals surface area contributed by atoms with Crippen LogP contribution in [0.15, 0.2) is 18.2 Å². The first-order valence-electron chi connectivity index (χ1n) is 6.52. The van der Waals surface area contributed by atoms with Crippen LogP contribution in [0, 0.1) is 15.5 Å². The Morgan fingerprint density at radius 3 is 2.71 bits per heavy atom. The maximum absolute atomic E-state index is 12.5. The Morgan fingerprint density at radius 2 is 2.14 bits per heavy atom. The van der Waals surface area contributed by atoms with E-state index < -0.39 is 10.3 Å².